The summed E-state index contributed by atoms with van der Waals surface area (Å²) in [5, 5.41) is 10.9. The van der Waals surface area contributed by atoms with Crippen molar-refractivity contribution in [3.05, 3.63) is 46.7 Å². The van der Waals surface area contributed by atoms with E-state index in [1.54, 1.807) is 6.20 Å². The third-order valence-corrected chi connectivity index (χ3v) is 5.29. The maximum absolute atomic E-state index is 4.66. The van der Waals surface area contributed by atoms with E-state index in [1.165, 1.54) is 4.90 Å². The van der Waals surface area contributed by atoms with Gasteiger partial charge >= 0.3 is 0 Å². The minimum Gasteiger partial charge on any atom is -0.357 e. The van der Waals surface area contributed by atoms with Crippen LogP contribution in [0, 0.1) is 0 Å². The van der Waals surface area contributed by atoms with Gasteiger partial charge in [0.15, 0.2) is 5.96 Å². The molecule has 1 aromatic heterocycles. The van der Waals surface area contributed by atoms with Crippen molar-refractivity contribution in [3.63, 3.8) is 0 Å². The number of guanidine groups is 1. The Morgan fingerprint density at radius 1 is 1.23 bits per heavy atom. The zero-order chi connectivity index (χ0) is 18.3. The molecule has 0 saturated heterocycles. The Hall–Kier alpha value is -0.740. The third kappa shape index (κ3) is 7.87. The number of hydrogen-bond donors (Lipinski definition) is 2. The molecule has 0 aliphatic carbocycles. The number of rotatable bonds is 7. The lowest BCUT2D eigenvalue weighted by Crippen LogP contribution is -2.43. The van der Waals surface area contributed by atoms with Crippen molar-refractivity contribution in [2.45, 2.75) is 37.0 Å². The van der Waals surface area contributed by atoms with Crippen molar-refractivity contribution in [2.24, 2.45) is 12.0 Å². The molecule has 0 radical (unpaired) electrons. The van der Waals surface area contributed by atoms with E-state index in [9.17, 15) is 0 Å². The number of benzene rings is 1. The average Bonchev–Trinajstić information content (AvgIpc) is 2.97. The molecule has 0 fully saturated rings. The first kappa shape index (κ1) is 23.3. The first-order valence-corrected chi connectivity index (χ1v) is 9.94. The fourth-order valence-corrected chi connectivity index (χ4v) is 3.53. The lowest BCUT2D eigenvalue weighted by molar-refractivity contribution is 0.660. The summed E-state index contributed by atoms with van der Waals surface area (Å²) in [7, 11) is 1.93. The van der Waals surface area contributed by atoms with Crippen LogP contribution in [0.3, 0.4) is 0 Å². The zero-order valence-electron chi connectivity index (χ0n) is 15.6. The van der Waals surface area contributed by atoms with Crippen molar-refractivity contribution in [3.8, 4) is 0 Å². The Bertz CT molecular complexity index is 700. The molecule has 2 rings (SSSR count). The molecule has 144 valence electrons. The monoisotopic (exact) mass is 551 g/mol. The number of aliphatic imine (C=N–C) groups is 1. The summed E-state index contributed by atoms with van der Waals surface area (Å²) in [6.07, 6.45) is 1.79. The van der Waals surface area contributed by atoms with E-state index >= 15 is 0 Å². The van der Waals surface area contributed by atoms with E-state index in [4.69, 9.17) is 0 Å². The van der Waals surface area contributed by atoms with E-state index in [0.717, 1.165) is 29.2 Å². The van der Waals surface area contributed by atoms with Gasteiger partial charge in [0.25, 0.3) is 0 Å². The lowest BCUT2D eigenvalue weighted by atomic mass is 10.2. The maximum Gasteiger partial charge on any atom is 0.191 e. The highest BCUT2D eigenvalue weighted by molar-refractivity contribution is 14.0. The van der Waals surface area contributed by atoms with Crippen molar-refractivity contribution in [1.29, 1.82) is 0 Å². The van der Waals surface area contributed by atoms with Crippen LogP contribution in [0.2, 0.25) is 0 Å². The molecule has 0 aliphatic heterocycles. The average molecular weight is 552 g/mol. The van der Waals surface area contributed by atoms with Crippen molar-refractivity contribution >= 4 is 57.6 Å². The zero-order valence-corrected chi connectivity index (χ0v) is 20.4. The van der Waals surface area contributed by atoms with Gasteiger partial charge in [0, 0.05) is 40.4 Å². The molecule has 0 saturated carbocycles. The Balaban J connectivity index is 0.00000338. The molecule has 2 aromatic rings. The number of nitrogens with one attached hydrogen (secondary N) is 2. The molecular weight excluding hydrogens is 525 g/mol. The second kappa shape index (κ2) is 11.2. The van der Waals surface area contributed by atoms with E-state index in [0.29, 0.717) is 6.54 Å². The van der Waals surface area contributed by atoms with Crippen LogP contribution in [0.1, 0.15) is 26.5 Å². The topological polar surface area (TPSA) is 54.2 Å². The van der Waals surface area contributed by atoms with Gasteiger partial charge in [0.1, 0.15) is 0 Å². The summed E-state index contributed by atoms with van der Waals surface area (Å²) in [6.45, 7) is 8.78. The van der Waals surface area contributed by atoms with Gasteiger partial charge < -0.3 is 10.6 Å². The van der Waals surface area contributed by atoms with E-state index in [-0.39, 0.29) is 28.7 Å². The molecule has 0 amide bonds. The van der Waals surface area contributed by atoms with E-state index in [1.807, 2.05) is 29.6 Å². The summed E-state index contributed by atoms with van der Waals surface area (Å²) in [6, 6.07) is 10.4. The van der Waals surface area contributed by atoms with Crippen LogP contribution in [0.25, 0.3) is 0 Å². The predicted octanol–water partition coefficient (Wildman–Crippen LogP) is 4.43. The molecule has 1 heterocycles. The van der Waals surface area contributed by atoms with Crippen LogP contribution in [0.5, 0.6) is 0 Å². The largest absolute Gasteiger partial charge is 0.357 e. The van der Waals surface area contributed by atoms with Gasteiger partial charge in [-0.15, -0.1) is 35.7 Å². The first-order valence-electron chi connectivity index (χ1n) is 8.33. The molecule has 2 N–H and O–H groups in total. The fourth-order valence-electron chi connectivity index (χ4n) is 2.21. The van der Waals surface area contributed by atoms with Crippen molar-refractivity contribution in [1.82, 2.24) is 20.4 Å². The van der Waals surface area contributed by atoms with Crippen LogP contribution in [0.4, 0.5) is 0 Å². The van der Waals surface area contributed by atoms with Crippen LogP contribution in [-0.2, 0) is 13.6 Å². The smallest absolute Gasteiger partial charge is 0.191 e. The number of hydrogen-bond acceptors (Lipinski definition) is 3. The summed E-state index contributed by atoms with van der Waals surface area (Å²) < 4.78 is 2.99. The van der Waals surface area contributed by atoms with Gasteiger partial charge in [-0.25, -0.2) is 4.99 Å². The molecule has 0 unspecified atom stereocenters. The molecule has 0 aliphatic rings. The van der Waals surface area contributed by atoms with Gasteiger partial charge in [-0.2, -0.15) is 5.10 Å². The van der Waals surface area contributed by atoms with Gasteiger partial charge in [-0.3, -0.25) is 4.68 Å². The Kier molecular flexibility index (Phi) is 10.0. The highest BCUT2D eigenvalue weighted by atomic mass is 127. The minimum atomic E-state index is 0. The van der Waals surface area contributed by atoms with Gasteiger partial charge in [-0.05, 0) is 51.1 Å². The Labute approximate surface area is 186 Å². The minimum absolute atomic E-state index is 0. The lowest BCUT2D eigenvalue weighted by Gasteiger charge is -2.25. The number of thioether (sulfide) groups is 1. The number of aryl methyl sites for hydroxylation is 1. The predicted molar refractivity (Wildman–Crippen MR) is 126 cm³/mol. The van der Waals surface area contributed by atoms with Gasteiger partial charge in [-0.1, -0.05) is 15.9 Å². The van der Waals surface area contributed by atoms with Crippen LogP contribution in [-0.4, -0.2) is 33.6 Å². The Morgan fingerprint density at radius 2 is 1.92 bits per heavy atom. The van der Waals surface area contributed by atoms with E-state index in [2.05, 4.69) is 81.7 Å². The van der Waals surface area contributed by atoms with Crippen LogP contribution >= 0.6 is 51.7 Å². The third-order valence-electron chi connectivity index (χ3n) is 3.56. The number of aromatic nitrogens is 2. The standard InChI is InChI=1S/C18H26BrN5S.HI/c1-5-20-17(21-12-15-10-11-23-24(15)4)22-13-18(2,3)25-16-8-6-14(19)7-9-16;/h6-11H,5,12-13H2,1-4H3,(H2,20,21,22);1H. The normalized spacial score (nSPS) is 11.8. The second-order valence-electron chi connectivity index (χ2n) is 6.31. The molecule has 0 bridgehead atoms. The highest BCUT2D eigenvalue weighted by Crippen LogP contribution is 2.32. The quantitative estimate of drug-likeness (QED) is 0.231. The summed E-state index contributed by atoms with van der Waals surface area (Å²) >= 11 is 5.33. The number of halogens is 2. The molecule has 1 aromatic carbocycles. The summed E-state index contributed by atoms with van der Waals surface area (Å²) in [5.74, 6) is 0.827. The summed E-state index contributed by atoms with van der Waals surface area (Å²) in [5.41, 5.74) is 1.08. The van der Waals surface area contributed by atoms with Crippen molar-refractivity contribution in [2.75, 3.05) is 13.1 Å². The maximum atomic E-state index is 4.66. The first-order chi connectivity index (χ1) is 11.9. The molecule has 0 atom stereocenters. The Morgan fingerprint density at radius 3 is 2.50 bits per heavy atom. The van der Waals surface area contributed by atoms with Crippen LogP contribution in [0.15, 0.2) is 50.9 Å². The highest BCUT2D eigenvalue weighted by Gasteiger charge is 2.20. The summed E-state index contributed by atoms with van der Waals surface area (Å²) in [4.78, 5) is 5.91. The molecule has 8 heteroatoms. The SMILES string of the molecule is CCNC(=NCc1ccnn1C)NCC(C)(C)Sc1ccc(Br)cc1.I. The molecule has 5 nitrogen and oxygen atoms in total. The van der Waals surface area contributed by atoms with Gasteiger partial charge in [0.2, 0.25) is 0 Å². The van der Waals surface area contributed by atoms with Crippen LogP contribution < -0.4 is 10.6 Å². The second-order valence-corrected chi connectivity index (χ2v) is 9.01. The van der Waals surface area contributed by atoms with E-state index < -0.39 is 0 Å². The van der Waals surface area contributed by atoms with Gasteiger partial charge in [0.05, 0.1) is 12.2 Å². The molecule has 0 spiro atoms. The fraction of sp³-hybridized carbons (Fsp3) is 0.444. The number of nitrogens with zero attached hydrogens (tertiary/aromatic N) is 3. The van der Waals surface area contributed by atoms with Crippen molar-refractivity contribution < 1.29 is 0 Å². The molecule has 26 heavy (non-hydrogen) atoms. The molecular formula is C18H27BrIN5S.